The van der Waals surface area contributed by atoms with Gasteiger partial charge in [-0.05, 0) is 17.7 Å². The third kappa shape index (κ3) is 3.16. The lowest BCUT2D eigenvalue weighted by Gasteiger charge is -2.17. The lowest BCUT2D eigenvalue weighted by Crippen LogP contribution is -2.32. The highest BCUT2D eigenvalue weighted by Crippen LogP contribution is 2.33. The number of aromatic nitrogens is 3. The van der Waals surface area contributed by atoms with Crippen LogP contribution in [0.3, 0.4) is 0 Å². The van der Waals surface area contributed by atoms with Crippen LogP contribution in [0.1, 0.15) is 20.1 Å². The number of nitrogens with zero attached hydrogens (tertiary/aromatic N) is 3. The van der Waals surface area contributed by atoms with Crippen LogP contribution in [0.5, 0.6) is 0 Å². The number of rotatable bonds is 5. The molecule has 1 fully saturated rings. The smallest absolute Gasteiger partial charge is 0.164 e. The molecule has 2 aromatic heterocycles. The molecule has 7 nitrogen and oxygen atoms in total. The molecule has 23 heavy (non-hydrogen) atoms. The number of nitrogens with two attached hydrogens (primary N) is 1. The van der Waals surface area contributed by atoms with E-state index in [-0.39, 0.29) is 0 Å². The molecule has 0 aromatic carbocycles. The zero-order valence-corrected chi connectivity index (χ0v) is 14.0. The number of aliphatic hydroxyl groups is 2. The average Bonchev–Trinajstić information content (AvgIpc) is 3.04. The molecule has 0 amide bonds. The maximum absolute atomic E-state index is 10.4. The topological polar surface area (TPSA) is 106 Å². The second-order valence-electron chi connectivity index (χ2n) is 6.19. The van der Waals surface area contributed by atoms with Crippen molar-refractivity contribution in [2.45, 2.75) is 38.4 Å². The Balaban J connectivity index is 1.78. The number of anilines is 1. The highest BCUT2D eigenvalue weighted by atomic mass is 32.2. The van der Waals surface area contributed by atoms with Gasteiger partial charge in [0.25, 0.3) is 0 Å². The monoisotopic (exact) mass is 338 g/mol. The molecule has 0 saturated carbocycles. The zero-order chi connectivity index (χ0) is 16.6. The number of ether oxygens (including phenoxy) is 1. The van der Waals surface area contributed by atoms with Gasteiger partial charge in [-0.3, -0.25) is 0 Å². The summed E-state index contributed by atoms with van der Waals surface area (Å²) in [6.07, 6.45) is 0.135. The van der Waals surface area contributed by atoms with Crippen LogP contribution in [-0.2, 0) is 4.74 Å². The Bertz CT molecular complexity index is 678. The maximum atomic E-state index is 10.4. The first-order chi connectivity index (χ1) is 11.0. The molecule has 4 atom stereocenters. The third-order valence-corrected chi connectivity index (χ3v) is 5.33. The Morgan fingerprint density at radius 1 is 1.35 bits per heavy atom. The summed E-state index contributed by atoms with van der Waals surface area (Å²) in [4.78, 5) is 8.23. The van der Waals surface area contributed by atoms with Gasteiger partial charge in [0, 0.05) is 11.9 Å². The van der Waals surface area contributed by atoms with E-state index in [4.69, 9.17) is 10.5 Å². The number of thioether (sulfide) groups is 1. The second-order valence-corrected chi connectivity index (χ2v) is 7.27. The van der Waals surface area contributed by atoms with Crippen LogP contribution in [0.15, 0.2) is 18.6 Å². The van der Waals surface area contributed by atoms with Crippen LogP contribution in [-0.4, -0.2) is 54.6 Å². The van der Waals surface area contributed by atoms with Gasteiger partial charge in [0.05, 0.1) is 17.9 Å². The van der Waals surface area contributed by atoms with Crippen molar-refractivity contribution in [3.05, 3.63) is 18.6 Å². The summed E-state index contributed by atoms with van der Waals surface area (Å²) in [6, 6.07) is 1.77. The summed E-state index contributed by atoms with van der Waals surface area (Å²) >= 11 is 1.72. The number of nitrogen functional groups attached to an aromatic ring is 1. The fourth-order valence-electron chi connectivity index (χ4n) is 2.70. The normalized spacial score (nSPS) is 28.0. The molecule has 1 aliphatic heterocycles. The van der Waals surface area contributed by atoms with E-state index in [2.05, 4.69) is 23.8 Å². The molecule has 2 aromatic rings. The quantitative estimate of drug-likeness (QED) is 0.747. The SMILES string of the molecule is CC(C)CSC[C@@H]1O[C@@H](n2cnc3c(N)nccc32)[C@@H](O)[C@@H]1O. The summed E-state index contributed by atoms with van der Waals surface area (Å²) in [5, 5.41) is 20.6. The molecule has 3 heterocycles. The Labute approximate surface area is 138 Å². The van der Waals surface area contributed by atoms with E-state index < -0.39 is 24.5 Å². The molecule has 0 radical (unpaired) electrons. The molecule has 8 heteroatoms. The zero-order valence-electron chi connectivity index (χ0n) is 13.2. The number of aliphatic hydroxyl groups excluding tert-OH is 2. The molecular formula is C15H22N4O3S. The lowest BCUT2D eigenvalue weighted by atomic mass is 10.1. The van der Waals surface area contributed by atoms with Gasteiger partial charge in [0.2, 0.25) is 0 Å². The van der Waals surface area contributed by atoms with E-state index in [9.17, 15) is 10.2 Å². The molecule has 0 unspecified atom stereocenters. The van der Waals surface area contributed by atoms with Crippen LogP contribution in [0.2, 0.25) is 0 Å². The minimum Gasteiger partial charge on any atom is -0.387 e. The first-order valence-corrected chi connectivity index (χ1v) is 8.81. The molecule has 126 valence electrons. The minimum atomic E-state index is -1.01. The minimum absolute atomic E-state index is 0.332. The summed E-state index contributed by atoms with van der Waals surface area (Å²) in [5.41, 5.74) is 7.10. The van der Waals surface area contributed by atoms with E-state index >= 15 is 0 Å². The Morgan fingerprint density at radius 3 is 2.87 bits per heavy atom. The van der Waals surface area contributed by atoms with Crippen LogP contribution in [0.4, 0.5) is 5.82 Å². The molecule has 3 rings (SSSR count). The first-order valence-electron chi connectivity index (χ1n) is 7.65. The van der Waals surface area contributed by atoms with Crippen molar-refractivity contribution in [1.29, 1.82) is 0 Å². The Morgan fingerprint density at radius 2 is 2.13 bits per heavy atom. The highest BCUT2D eigenvalue weighted by Gasteiger charge is 2.43. The van der Waals surface area contributed by atoms with Crippen molar-refractivity contribution >= 4 is 28.6 Å². The molecule has 4 N–H and O–H groups in total. The molecule has 0 bridgehead atoms. The van der Waals surface area contributed by atoms with E-state index in [1.54, 1.807) is 34.9 Å². The summed E-state index contributed by atoms with van der Waals surface area (Å²) < 4.78 is 7.60. The largest absolute Gasteiger partial charge is 0.387 e. The van der Waals surface area contributed by atoms with E-state index in [1.807, 2.05) is 0 Å². The van der Waals surface area contributed by atoms with Gasteiger partial charge in [0.15, 0.2) is 12.0 Å². The summed E-state index contributed by atoms with van der Waals surface area (Å²) in [7, 11) is 0. The van der Waals surface area contributed by atoms with Crippen LogP contribution in [0, 0.1) is 5.92 Å². The van der Waals surface area contributed by atoms with Crippen LogP contribution < -0.4 is 5.73 Å². The Kier molecular flexibility index (Phi) is 4.77. The molecule has 0 spiro atoms. The van der Waals surface area contributed by atoms with Gasteiger partial charge < -0.3 is 25.3 Å². The van der Waals surface area contributed by atoms with Crippen molar-refractivity contribution in [3.63, 3.8) is 0 Å². The van der Waals surface area contributed by atoms with E-state index in [1.165, 1.54) is 0 Å². The average molecular weight is 338 g/mol. The number of hydrogen-bond donors (Lipinski definition) is 3. The summed E-state index contributed by atoms with van der Waals surface area (Å²) in [6.45, 7) is 4.29. The fraction of sp³-hybridized carbons (Fsp3) is 0.600. The number of fused-ring (bicyclic) bond motifs is 1. The highest BCUT2D eigenvalue weighted by molar-refractivity contribution is 7.99. The standard InChI is InChI=1S/C15H22N4O3S/c1-8(2)5-23-6-10-12(20)13(21)15(22-10)19-7-18-11-9(19)3-4-17-14(11)16/h3-4,7-8,10,12-13,15,20-21H,5-6H2,1-2H3,(H2,16,17)/t10-,12+,13-,15+/m0/s1. The van der Waals surface area contributed by atoms with Gasteiger partial charge >= 0.3 is 0 Å². The lowest BCUT2D eigenvalue weighted by molar-refractivity contribution is -0.0285. The fourth-order valence-corrected chi connectivity index (χ4v) is 3.82. The van der Waals surface area contributed by atoms with Gasteiger partial charge in [-0.1, -0.05) is 13.8 Å². The van der Waals surface area contributed by atoms with Crippen molar-refractivity contribution in [3.8, 4) is 0 Å². The number of pyridine rings is 1. The van der Waals surface area contributed by atoms with Gasteiger partial charge in [-0.15, -0.1) is 0 Å². The third-order valence-electron chi connectivity index (χ3n) is 3.87. The van der Waals surface area contributed by atoms with E-state index in [0.29, 0.717) is 23.0 Å². The van der Waals surface area contributed by atoms with Gasteiger partial charge in [-0.2, -0.15) is 11.8 Å². The number of hydrogen-bond acceptors (Lipinski definition) is 7. The van der Waals surface area contributed by atoms with Crippen molar-refractivity contribution in [1.82, 2.24) is 14.5 Å². The number of imidazole rings is 1. The Hall–Kier alpha value is -1.35. The molecule has 0 aliphatic carbocycles. The van der Waals surface area contributed by atoms with Crippen molar-refractivity contribution in [2.75, 3.05) is 17.2 Å². The van der Waals surface area contributed by atoms with Gasteiger partial charge in [0.1, 0.15) is 17.7 Å². The van der Waals surface area contributed by atoms with Crippen molar-refractivity contribution < 1.29 is 14.9 Å². The maximum Gasteiger partial charge on any atom is 0.164 e. The van der Waals surface area contributed by atoms with E-state index in [0.717, 1.165) is 11.3 Å². The van der Waals surface area contributed by atoms with Gasteiger partial charge in [-0.25, -0.2) is 9.97 Å². The predicted molar refractivity (Wildman–Crippen MR) is 90.0 cm³/mol. The molecule has 1 aliphatic rings. The van der Waals surface area contributed by atoms with Crippen LogP contribution in [0.25, 0.3) is 11.0 Å². The van der Waals surface area contributed by atoms with Crippen LogP contribution >= 0.6 is 11.8 Å². The second kappa shape index (κ2) is 6.64. The summed E-state index contributed by atoms with van der Waals surface area (Å²) in [5.74, 6) is 2.54. The molecular weight excluding hydrogens is 316 g/mol. The predicted octanol–water partition coefficient (Wildman–Crippen LogP) is 1.02. The van der Waals surface area contributed by atoms with Crippen molar-refractivity contribution in [2.24, 2.45) is 5.92 Å². The molecule has 1 saturated heterocycles. The first kappa shape index (κ1) is 16.5.